The van der Waals surface area contributed by atoms with E-state index < -0.39 is 22.0 Å². The molecule has 0 spiro atoms. The number of halogens is 4. The molecule has 0 atom stereocenters. The van der Waals surface area contributed by atoms with Crippen LogP contribution in [0.4, 0.5) is 14.2 Å². The van der Waals surface area contributed by atoms with Crippen molar-refractivity contribution in [2.75, 3.05) is 0 Å². The molecule has 0 aliphatic rings. The molecule has 0 saturated heterocycles. The quantitative estimate of drug-likeness (QED) is 0.370. The summed E-state index contributed by atoms with van der Waals surface area (Å²) >= 11 is -6.12. The van der Waals surface area contributed by atoms with Gasteiger partial charge >= 0.3 is 36.2 Å². The molecule has 0 aliphatic carbocycles. The first-order chi connectivity index (χ1) is 3.73. The van der Waals surface area contributed by atoms with Crippen molar-refractivity contribution in [3.05, 3.63) is 0 Å². The molecule has 0 saturated carbocycles. The van der Waals surface area contributed by atoms with E-state index in [2.05, 4.69) is 0 Å². The van der Waals surface area contributed by atoms with Crippen LogP contribution in [0, 0.1) is 0 Å². The Hall–Kier alpha value is 0.184. The Morgan fingerprint density at radius 1 is 0.889 bits per heavy atom. The molecule has 0 aromatic rings. The van der Waals surface area contributed by atoms with E-state index in [0.717, 1.165) is 0 Å². The average molecular weight is 201 g/mol. The van der Waals surface area contributed by atoms with Crippen molar-refractivity contribution in [3.63, 3.8) is 0 Å². The maximum atomic E-state index is 9.77. The van der Waals surface area contributed by atoms with Gasteiger partial charge in [-0.05, 0) is 0 Å². The molecule has 0 radical (unpaired) electrons. The van der Waals surface area contributed by atoms with Gasteiger partial charge in [-0.3, -0.25) is 0 Å². The first-order valence-electron chi connectivity index (χ1n) is 1.23. The average Bonchev–Trinajstić information content (AvgIpc) is 1.19. The van der Waals surface area contributed by atoms with E-state index in [1.807, 2.05) is 0 Å². The predicted molar refractivity (Wildman–Crippen MR) is 16.8 cm³/mol. The van der Waals surface area contributed by atoms with E-state index in [9.17, 15) is 14.2 Å². The normalized spacial score (nSPS) is 11.4. The fourth-order valence-corrected chi connectivity index (χ4v) is 0. The second kappa shape index (κ2) is 5.01. The Labute approximate surface area is 52.2 Å². The first kappa shape index (κ1) is 11.9. The van der Waals surface area contributed by atoms with Crippen LogP contribution in [0.2, 0.25) is 0 Å². The van der Waals surface area contributed by atoms with Gasteiger partial charge in [0.05, 0.1) is 0 Å². The van der Waals surface area contributed by atoms with E-state index in [0.29, 0.717) is 0 Å². The van der Waals surface area contributed by atoms with Crippen LogP contribution >= 0.6 is 0 Å². The third kappa shape index (κ3) is 9200. The molecule has 9 heteroatoms. The Balaban J connectivity index is 0. The molecule has 0 aliphatic heterocycles. The number of rotatable bonds is 0. The third-order valence-corrected chi connectivity index (χ3v) is 0. The second-order valence-corrected chi connectivity index (χ2v) is 1.41. The van der Waals surface area contributed by atoms with E-state index in [1.54, 1.807) is 0 Å². The molecule has 0 fully saturated rings. The minimum absolute atomic E-state index is 2.17. The molecule has 0 rings (SSSR count). The van der Waals surface area contributed by atoms with Gasteiger partial charge in [0.25, 0.3) is 0 Å². The SMILES string of the molecule is OB(O)O.[F][Cu]([F])([F])[F]. The summed E-state index contributed by atoms with van der Waals surface area (Å²) in [5, 5.41) is 21.5. The van der Waals surface area contributed by atoms with Gasteiger partial charge in [0, 0.05) is 0 Å². The van der Waals surface area contributed by atoms with E-state index in [4.69, 9.17) is 15.1 Å². The molecule has 0 amide bonds. The van der Waals surface area contributed by atoms with Crippen molar-refractivity contribution >= 4 is 7.32 Å². The van der Waals surface area contributed by atoms with Crippen LogP contribution in [0.5, 0.6) is 0 Å². The van der Waals surface area contributed by atoms with Gasteiger partial charge in [-0.2, -0.15) is 0 Å². The fraction of sp³-hybridized carbons (Fsp3) is 0. The molecule has 0 aromatic carbocycles. The monoisotopic (exact) mass is 201 g/mol. The van der Waals surface area contributed by atoms with Crippen molar-refractivity contribution in [1.82, 2.24) is 0 Å². The zero-order valence-electron chi connectivity index (χ0n) is 3.73. The third-order valence-electron chi connectivity index (χ3n) is 0. The summed E-state index contributed by atoms with van der Waals surface area (Å²) in [4.78, 5) is 0. The summed E-state index contributed by atoms with van der Waals surface area (Å²) in [7, 11) is -2.17. The topological polar surface area (TPSA) is 60.7 Å². The molecule has 9 heavy (non-hydrogen) atoms. The zero-order valence-corrected chi connectivity index (χ0v) is 4.67. The van der Waals surface area contributed by atoms with Gasteiger partial charge in [0.1, 0.15) is 0 Å². The van der Waals surface area contributed by atoms with E-state index >= 15 is 0 Å². The minimum atomic E-state index is -6.12. The van der Waals surface area contributed by atoms with Crippen LogP contribution < -0.4 is 0 Å². The Kier molecular flexibility index (Phi) is 6.63. The summed E-state index contributed by atoms with van der Waals surface area (Å²) in [6.07, 6.45) is 0. The second-order valence-electron chi connectivity index (χ2n) is 0.605. The molecular weight excluding hydrogens is 198 g/mol. The van der Waals surface area contributed by atoms with Crippen molar-refractivity contribution in [1.29, 1.82) is 0 Å². The molecule has 0 aromatic heterocycles. The summed E-state index contributed by atoms with van der Waals surface area (Å²) in [6, 6.07) is 0. The fourth-order valence-electron chi connectivity index (χ4n) is 0. The number of hydrogen-bond acceptors (Lipinski definition) is 3. The van der Waals surface area contributed by atoms with Crippen LogP contribution in [0.15, 0.2) is 0 Å². The molecule has 3 nitrogen and oxygen atoms in total. The van der Waals surface area contributed by atoms with Crippen molar-refractivity contribution in [3.8, 4) is 0 Å². The Morgan fingerprint density at radius 2 is 0.889 bits per heavy atom. The summed E-state index contributed by atoms with van der Waals surface area (Å²) in [5.41, 5.74) is 0. The van der Waals surface area contributed by atoms with Crippen molar-refractivity contribution in [2.45, 2.75) is 0 Å². The van der Waals surface area contributed by atoms with Crippen LogP contribution in [0.1, 0.15) is 0 Å². The number of hydrogen-bond donors (Lipinski definition) is 3. The summed E-state index contributed by atoms with van der Waals surface area (Å²) in [5.74, 6) is 0. The first-order valence-corrected chi connectivity index (χ1v) is 2.65. The molecule has 0 bridgehead atoms. The predicted octanol–water partition coefficient (Wildman–Crippen LogP) is -0.373. The van der Waals surface area contributed by atoms with Crippen molar-refractivity contribution < 1.29 is 43.9 Å². The molecule has 63 valence electrons. The summed E-state index contributed by atoms with van der Waals surface area (Å²) in [6.45, 7) is 0. The van der Waals surface area contributed by atoms with Crippen LogP contribution in [-0.2, 0) is 14.7 Å². The van der Waals surface area contributed by atoms with Crippen LogP contribution in [0.3, 0.4) is 0 Å². The van der Waals surface area contributed by atoms with Gasteiger partial charge in [-0.25, -0.2) is 0 Å². The van der Waals surface area contributed by atoms with E-state index in [1.165, 1.54) is 0 Å². The van der Waals surface area contributed by atoms with Gasteiger partial charge in [-0.15, -0.1) is 0 Å². The molecule has 0 heterocycles. The Morgan fingerprint density at radius 3 is 0.889 bits per heavy atom. The van der Waals surface area contributed by atoms with Gasteiger partial charge in [0.15, 0.2) is 0 Å². The maximum absolute atomic E-state index is 9.77. The standard InChI is InChI=1S/BH3O3.Cu.4FH/c2-1(3)4;;;;;/h2-4H;;4*1H/q;+4;;;;/p-4. The van der Waals surface area contributed by atoms with E-state index in [-0.39, 0.29) is 0 Å². The van der Waals surface area contributed by atoms with Gasteiger partial charge in [0.2, 0.25) is 0 Å². The van der Waals surface area contributed by atoms with Crippen LogP contribution in [-0.4, -0.2) is 22.4 Å². The van der Waals surface area contributed by atoms with Gasteiger partial charge < -0.3 is 15.1 Å². The molecule has 3 N–H and O–H groups in total. The van der Waals surface area contributed by atoms with Gasteiger partial charge in [-0.1, -0.05) is 0 Å². The van der Waals surface area contributed by atoms with Crippen molar-refractivity contribution in [2.24, 2.45) is 0 Å². The zero-order chi connectivity index (χ0) is 8.08. The Bertz CT molecular complexity index is 52.6. The summed E-state index contributed by atoms with van der Waals surface area (Å²) < 4.78 is 39.1. The molecule has 0 unspecified atom stereocenters. The molecular formula is H3BCuF4O3. The van der Waals surface area contributed by atoms with Crippen LogP contribution in [0.25, 0.3) is 0 Å².